The molecule has 2 aliphatic heterocycles. The molecule has 0 radical (unpaired) electrons. The number of allylic oxidation sites excluding steroid dienone is 3. The molecule has 5 aliphatic carbocycles. The fourth-order valence-electron chi connectivity index (χ4n) is 10.6. The second kappa shape index (κ2) is 8.68. The van der Waals surface area contributed by atoms with Gasteiger partial charge in [-0.15, -0.1) is 0 Å². The van der Waals surface area contributed by atoms with E-state index in [0.717, 1.165) is 16.7 Å². The van der Waals surface area contributed by atoms with E-state index >= 15 is 0 Å². The summed E-state index contributed by atoms with van der Waals surface area (Å²) in [5.41, 5.74) is -0.796. The number of hydrogen-bond acceptors (Lipinski definition) is 8. The zero-order valence-corrected chi connectivity index (χ0v) is 25.7. The van der Waals surface area contributed by atoms with Crippen LogP contribution in [0.25, 0.3) is 0 Å². The van der Waals surface area contributed by atoms with Crippen LogP contribution in [-0.2, 0) is 33.4 Å². The number of carbonyl (C=O) groups is 4. The number of carbonyl (C=O) groups excluding carboxylic acids is 4. The van der Waals surface area contributed by atoms with Crippen molar-refractivity contribution >= 4 is 23.7 Å². The van der Waals surface area contributed by atoms with Crippen LogP contribution < -0.4 is 0 Å². The van der Waals surface area contributed by atoms with Gasteiger partial charge in [-0.1, -0.05) is 42.4 Å². The van der Waals surface area contributed by atoms with E-state index in [0.29, 0.717) is 24.0 Å². The fourth-order valence-corrected chi connectivity index (χ4v) is 10.6. The van der Waals surface area contributed by atoms with Gasteiger partial charge in [-0.25, -0.2) is 9.59 Å². The predicted molar refractivity (Wildman–Crippen MR) is 155 cm³/mol. The van der Waals surface area contributed by atoms with Crippen molar-refractivity contribution in [3.8, 4) is 0 Å². The van der Waals surface area contributed by atoms with Gasteiger partial charge in [-0.3, -0.25) is 9.59 Å². The average Bonchev–Trinajstić information content (AvgIpc) is 3.57. The molecule has 7 rings (SSSR count). The van der Waals surface area contributed by atoms with Crippen molar-refractivity contribution < 1.29 is 38.5 Å². The van der Waals surface area contributed by atoms with E-state index in [1.165, 1.54) is 6.08 Å². The van der Waals surface area contributed by atoms with E-state index < -0.39 is 75.8 Å². The maximum Gasteiger partial charge on any atom is 0.334 e. The largest absolute Gasteiger partial charge is 0.460 e. The highest BCUT2D eigenvalue weighted by molar-refractivity contribution is 6.09. The van der Waals surface area contributed by atoms with Crippen LogP contribution in [0.5, 0.6) is 0 Å². The summed E-state index contributed by atoms with van der Waals surface area (Å²) in [7, 11) is 0. The molecular weight excluding hydrogens is 548 g/mol. The first-order valence-corrected chi connectivity index (χ1v) is 15.4. The summed E-state index contributed by atoms with van der Waals surface area (Å²) < 4.78 is 18.7. The lowest BCUT2D eigenvalue weighted by atomic mass is 9.54. The van der Waals surface area contributed by atoms with Gasteiger partial charge in [0.15, 0.2) is 5.78 Å². The number of fused-ring (bicyclic) bond motifs is 6. The molecule has 2 saturated carbocycles. The summed E-state index contributed by atoms with van der Waals surface area (Å²) >= 11 is 0. The minimum Gasteiger partial charge on any atom is -0.460 e. The molecule has 0 amide bonds. The molecule has 1 N–H and O–H groups in total. The Balaban J connectivity index is 1.44. The molecule has 1 spiro atoms. The van der Waals surface area contributed by atoms with Gasteiger partial charge in [-0.2, -0.15) is 0 Å². The van der Waals surface area contributed by atoms with E-state index in [2.05, 4.69) is 6.58 Å². The van der Waals surface area contributed by atoms with E-state index in [-0.39, 0.29) is 24.5 Å². The Kier molecular flexibility index (Phi) is 5.75. The van der Waals surface area contributed by atoms with Gasteiger partial charge in [0.1, 0.15) is 18.3 Å². The maximum atomic E-state index is 14.7. The molecule has 43 heavy (non-hydrogen) atoms. The van der Waals surface area contributed by atoms with Crippen LogP contribution in [-0.4, -0.2) is 52.7 Å². The highest BCUT2D eigenvalue weighted by Crippen LogP contribution is 2.80. The van der Waals surface area contributed by atoms with Crippen LogP contribution in [0.3, 0.4) is 0 Å². The van der Waals surface area contributed by atoms with Gasteiger partial charge < -0.3 is 19.3 Å². The smallest absolute Gasteiger partial charge is 0.334 e. The van der Waals surface area contributed by atoms with Crippen molar-refractivity contribution in [2.24, 2.45) is 39.9 Å². The van der Waals surface area contributed by atoms with E-state index in [4.69, 9.17) is 14.2 Å². The van der Waals surface area contributed by atoms with Gasteiger partial charge in [0.05, 0.1) is 16.9 Å². The Morgan fingerprint density at radius 3 is 2.53 bits per heavy atom. The highest BCUT2D eigenvalue weighted by Gasteiger charge is 2.84. The molecule has 8 nitrogen and oxygen atoms in total. The number of ketones is 1. The summed E-state index contributed by atoms with van der Waals surface area (Å²) in [6.07, 6.45) is 6.57. The van der Waals surface area contributed by atoms with Gasteiger partial charge in [0.25, 0.3) is 0 Å². The molecule has 228 valence electrons. The molecule has 2 unspecified atom stereocenters. The van der Waals surface area contributed by atoms with Crippen LogP contribution >= 0.6 is 0 Å². The zero-order valence-electron chi connectivity index (χ0n) is 25.7. The lowest BCUT2D eigenvalue weighted by Gasteiger charge is -2.46. The number of esters is 3. The lowest BCUT2D eigenvalue weighted by Crippen LogP contribution is -2.53. The third kappa shape index (κ3) is 3.31. The normalized spacial score (nSPS) is 47.3. The van der Waals surface area contributed by atoms with Gasteiger partial charge in [0, 0.05) is 52.2 Å². The van der Waals surface area contributed by atoms with Crippen molar-refractivity contribution in [2.75, 3.05) is 0 Å². The van der Waals surface area contributed by atoms with Crippen molar-refractivity contribution in [1.29, 1.82) is 0 Å². The van der Waals surface area contributed by atoms with Crippen molar-refractivity contribution in [2.45, 2.75) is 91.1 Å². The quantitative estimate of drug-likeness (QED) is 0.217. The molecule has 2 saturated heterocycles. The minimum absolute atomic E-state index is 0.100. The number of aliphatic hydroxyl groups is 1. The summed E-state index contributed by atoms with van der Waals surface area (Å²) in [6, 6.07) is 0. The van der Waals surface area contributed by atoms with Crippen LogP contribution in [0.4, 0.5) is 0 Å². The second-order valence-electron chi connectivity index (χ2n) is 14.8. The summed E-state index contributed by atoms with van der Waals surface area (Å²) in [5.74, 6) is -3.21. The van der Waals surface area contributed by atoms with Crippen LogP contribution in [0.15, 0.2) is 58.7 Å². The van der Waals surface area contributed by atoms with Crippen molar-refractivity contribution in [3.63, 3.8) is 0 Å². The first kappa shape index (κ1) is 28.5. The molecule has 11 atom stereocenters. The topological polar surface area (TPSA) is 116 Å². The summed E-state index contributed by atoms with van der Waals surface area (Å²) in [6.45, 7) is 15.3. The molecule has 4 fully saturated rings. The Bertz CT molecular complexity index is 1540. The average molecular weight is 589 g/mol. The third-order valence-electron chi connectivity index (χ3n) is 12.4. The monoisotopic (exact) mass is 588 g/mol. The molecule has 0 aromatic rings. The first-order valence-electron chi connectivity index (χ1n) is 15.4. The van der Waals surface area contributed by atoms with Crippen LogP contribution in [0.1, 0.15) is 67.2 Å². The Hall–Kier alpha value is -3.26. The SMILES string of the molecule is C=C1C(=O)O[C@@H]2[C@@H]3C4(C=C[C@]3(C)C3(C4)C(=O)O[C@@H]4[C@H]5C(C)=CC(=O)C5=C(C)C[C@H](OC(=O)C=C(C)C)[C@H]43)[C@](C)(O)CC[C@@H]12. The number of rotatable bonds is 2. The molecule has 0 aromatic heterocycles. The van der Waals surface area contributed by atoms with Crippen molar-refractivity contribution in [3.05, 3.63) is 58.7 Å². The van der Waals surface area contributed by atoms with Gasteiger partial charge in [-0.05, 0) is 60.0 Å². The fraction of sp³-hybridized carbons (Fsp3) is 0.600. The highest BCUT2D eigenvalue weighted by atomic mass is 16.6. The molecule has 7 aliphatic rings. The number of ether oxygens (including phenoxy) is 3. The summed E-state index contributed by atoms with van der Waals surface area (Å²) in [4.78, 5) is 54.0. The van der Waals surface area contributed by atoms with Crippen molar-refractivity contribution in [1.82, 2.24) is 0 Å². The number of hydrogen-bond donors (Lipinski definition) is 1. The zero-order chi connectivity index (χ0) is 31.0. The second-order valence-corrected chi connectivity index (χ2v) is 14.8. The van der Waals surface area contributed by atoms with Crippen LogP contribution in [0, 0.1) is 39.9 Å². The molecule has 2 bridgehead atoms. The molecular formula is C35H40O8. The molecule has 8 heteroatoms. The van der Waals surface area contributed by atoms with Gasteiger partial charge in [0.2, 0.25) is 0 Å². The van der Waals surface area contributed by atoms with Gasteiger partial charge >= 0.3 is 17.9 Å². The standard InChI is InChI=1S/C35H40O8/c1-16(2)12-23(37)41-22-14-18(4)24-21(36)13-17(3)25(24)28-26(22)35(31(39)43-28)15-34-11-10-32(35,6)29(34)27-20(8-9-33(34,7)40)19(5)30(38)42-27/h10-13,20,22,25-29,40H,5,8-9,14-15H2,1-4,6-7H3/t20-,22-,25-,26+,27-,28+,29-,32-,33+,34?,35?/m0/s1. The third-order valence-corrected chi connectivity index (χ3v) is 12.4. The Morgan fingerprint density at radius 2 is 1.84 bits per heavy atom. The molecule has 0 aromatic carbocycles. The summed E-state index contributed by atoms with van der Waals surface area (Å²) in [5, 5.41) is 12.3. The maximum absolute atomic E-state index is 14.7. The first-order chi connectivity index (χ1) is 20.1. The predicted octanol–water partition coefficient (Wildman–Crippen LogP) is 4.48. The Morgan fingerprint density at radius 1 is 1.12 bits per heavy atom. The molecule has 2 heterocycles. The van der Waals surface area contributed by atoms with Crippen LogP contribution in [0.2, 0.25) is 0 Å². The lowest BCUT2D eigenvalue weighted by molar-refractivity contribution is -0.159. The minimum atomic E-state index is -1.22. The van der Waals surface area contributed by atoms with E-state index in [1.54, 1.807) is 6.08 Å². The van der Waals surface area contributed by atoms with E-state index in [9.17, 15) is 24.3 Å². The van der Waals surface area contributed by atoms with E-state index in [1.807, 2.05) is 53.7 Å². The Labute approximate surface area is 251 Å².